The quantitative estimate of drug-likeness (QED) is 0.0371. The second kappa shape index (κ2) is 29.2. The van der Waals surface area contributed by atoms with Gasteiger partial charge in [-0.25, -0.2) is 61.0 Å². The maximum Gasteiger partial charge on any atom is 0.318 e. The van der Waals surface area contributed by atoms with Crippen molar-refractivity contribution in [1.82, 2.24) is 69.0 Å². The summed E-state index contributed by atoms with van der Waals surface area (Å²) >= 11 is 12.9. The zero-order valence-corrected chi connectivity index (χ0v) is 56.1. The molecule has 2 aliphatic carbocycles. The molecule has 14 aromatic rings. The second-order valence-electron chi connectivity index (χ2n) is 24.3. The van der Waals surface area contributed by atoms with Gasteiger partial charge in [-0.05, 0) is 85.8 Å². The van der Waals surface area contributed by atoms with Gasteiger partial charge >= 0.3 is 6.03 Å². The third kappa shape index (κ3) is 14.7. The molecule has 0 unspecified atom stereocenters. The molecule has 8 aromatic heterocycles. The lowest BCUT2D eigenvalue weighted by atomic mass is 10.1. The summed E-state index contributed by atoms with van der Waals surface area (Å²) in [6.07, 6.45) is 13.8. The monoisotopic (exact) mass is 1450 g/mol. The fourth-order valence-electron chi connectivity index (χ4n) is 11.4. The van der Waals surface area contributed by atoms with Gasteiger partial charge in [0.1, 0.15) is 0 Å². The number of anilines is 4. The Morgan fingerprint density at radius 3 is 1.38 bits per heavy atom. The summed E-state index contributed by atoms with van der Waals surface area (Å²) in [7, 11) is 1.53. The molecule has 0 bridgehead atoms. The van der Waals surface area contributed by atoms with Crippen LogP contribution in [0.1, 0.15) is 64.1 Å². The molecule has 2 saturated carbocycles. The van der Waals surface area contributed by atoms with Gasteiger partial charge in [0.2, 0.25) is 5.91 Å². The third-order valence-electron chi connectivity index (χ3n) is 16.9. The number of nitrogens with two attached hydrogens (primary N) is 1. The summed E-state index contributed by atoms with van der Waals surface area (Å²) in [6, 6.07) is 32.9. The van der Waals surface area contributed by atoms with Crippen LogP contribution in [0.25, 0.3) is 83.8 Å². The smallest absolute Gasteiger partial charge is 0.318 e. The van der Waals surface area contributed by atoms with E-state index in [4.69, 9.17) is 28.9 Å². The summed E-state index contributed by atoms with van der Waals surface area (Å²) in [5.74, 6) is -5.91. The maximum atomic E-state index is 14.3. The maximum absolute atomic E-state index is 14.3. The highest BCUT2D eigenvalue weighted by molar-refractivity contribution is 6.34. The molecule has 6 aromatic carbocycles. The minimum Gasteiger partial charge on any atom is -0.370 e. The molecule has 0 radical (unpaired) electrons. The van der Waals surface area contributed by atoms with E-state index in [9.17, 15) is 45.5 Å². The predicted molar refractivity (Wildman–Crippen MR) is 382 cm³/mol. The summed E-state index contributed by atoms with van der Waals surface area (Å²) in [4.78, 5) is 82.8. The molecular formula is C73H57Cl2F6N19O4. The van der Waals surface area contributed by atoms with Crippen LogP contribution in [-0.4, -0.2) is 103 Å². The summed E-state index contributed by atoms with van der Waals surface area (Å²) in [6.45, 7) is 0.969. The molecular weight excluding hydrogens is 1390 g/mol. The van der Waals surface area contributed by atoms with Crippen molar-refractivity contribution < 1.29 is 45.5 Å². The first-order valence-corrected chi connectivity index (χ1v) is 33.2. The van der Waals surface area contributed by atoms with Crippen LogP contribution in [0.2, 0.25) is 10.0 Å². The fraction of sp³-hybridized carbons (Fsp3) is 0.151. The van der Waals surface area contributed by atoms with E-state index in [0.29, 0.717) is 97.7 Å². The Labute approximate surface area is 595 Å². The highest BCUT2D eigenvalue weighted by Gasteiger charge is 2.28. The lowest BCUT2D eigenvalue weighted by Crippen LogP contribution is -2.25. The van der Waals surface area contributed by atoms with Crippen molar-refractivity contribution >= 4 is 120 Å². The van der Waals surface area contributed by atoms with Crippen molar-refractivity contribution in [3.8, 4) is 33.8 Å². The predicted octanol–water partition coefficient (Wildman–Crippen LogP) is 13.6. The minimum atomic E-state index is -1.04. The van der Waals surface area contributed by atoms with Gasteiger partial charge < -0.3 is 43.0 Å². The van der Waals surface area contributed by atoms with E-state index in [-0.39, 0.29) is 80.8 Å². The van der Waals surface area contributed by atoms with Crippen molar-refractivity contribution in [3.05, 3.63) is 232 Å². The molecule has 0 aliphatic heterocycles. The van der Waals surface area contributed by atoms with E-state index in [2.05, 4.69) is 77.1 Å². The number of halogens is 8. The number of primary amides is 1. The molecule has 5 amide bonds. The lowest BCUT2D eigenvalue weighted by molar-refractivity contribution is -0.117. The van der Waals surface area contributed by atoms with Crippen molar-refractivity contribution in [3.63, 3.8) is 0 Å². The van der Waals surface area contributed by atoms with Crippen LogP contribution >= 0.6 is 23.2 Å². The average Bonchev–Trinajstić information content (AvgIpc) is 1.59. The lowest BCUT2D eigenvalue weighted by Gasteiger charge is -2.13. The van der Waals surface area contributed by atoms with E-state index in [0.717, 1.165) is 78.9 Å². The average molecular weight is 1450 g/mol. The van der Waals surface area contributed by atoms with Crippen LogP contribution in [0.3, 0.4) is 0 Å². The molecule has 23 nitrogen and oxygen atoms in total. The van der Waals surface area contributed by atoms with Crippen molar-refractivity contribution in [2.75, 3.05) is 34.9 Å². The Morgan fingerprint density at radius 2 is 0.952 bits per heavy atom. The second-order valence-corrected chi connectivity index (χ2v) is 25.1. The van der Waals surface area contributed by atoms with E-state index in [1.807, 2.05) is 42.5 Å². The number of amides is 5. The molecule has 16 rings (SSSR count). The van der Waals surface area contributed by atoms with Gasteiger partial charge in [-0.2, -0.15) is 0 Å². The van der Waals surface area contributed by atoms with E-state index in [1.54, 1.807) is 98.9 Å². The van der Waals surface area contributed by atoms with Crippen LogP contribution in [0.4, 0.5) is 54.3 Å². The Bertz CT molecular complexity index is 5710. The summed E-state index contributed by atoms with van der Waals surface area (Å²) in [5.41, 5.74) is 15.0. The van der Waals surface area contributed by atoms with Gasteiger partial charge in [-0.1, -0.05) is 59.6 Å². The molecule has 8 heterocycles. The van der Waals surface area contributed by atoms with Crippen LogP contribution in [0.15, 0.2) is 165 Å². The van der Waals surface area contributed by atoms with Gasteiger partial charge in [-0.15, -0.1) is 0 Å². The summed E-state index contributed by atoms with van der Waals surface area (Å²) in [5, 5.41) is 21.0. The number of imidazole rings is 3. The number of aromatic nitrogens is 11. The number of carbonyl (C=O) groups is 4. The van der Waals surface area contributed by atoms with E-state index < -0.39 is 40.8 Å². The topological polar surface area (TPSA) is 295 Å². The minimum absolute atomic E-state index is 0.0528. The summed E-state index contributed by atoms with van der Waals surface area (Å²) < 4.78 is 89.8. The Kier molecular flexibility index (Phi) is 19.3. The Hall–Kier alpha value is -12.5. The van der Waals surface area contributed by atoms with Crippen LogP contribution in [-0.2, 0) is 17.9 Å². The first-order chi connectivity index (χ1) is 50.3. The van der Waals surface area contributed by atoms with Gasteiger partial charge in [0.05, 0.1) is 102 Å². The zero-order chi connectivity index (χ0) is 72.4. The van der Waals surface area contributed by atoms with E-state index in [1.165, 1.54) is 7.05 Å². The number of hydrogen-bond acceptors (Lipinski definition) is 15. The number of nitrogens with one attached hydrogen (secondary N) is 7. The zero-order valence-electron chi connectivity index (χ0n) is 54.6. The first kappa shape index (κ1) is 68.6. The van der Waals surface area contributed by atoms with E-state index >= 15 is 0 Å². The van der Waals surface area contributed by atoms with Gasteiger partial charge in [0.25, 0.3) is 11.8 Å². The van der Waals surface area contributed by atoms with Crippen molar-refractivity contribution in [2.45, 2.75) is 57.3 Å². The van der Waals surface area contributed by atoms with Gasteiger partial charge in [0.15, 0.2) is 69.3 Å². The van der Waals surface area contributed by atoms with Crippen molar-refractivity contribution in [2.24, 2.45) is 5.73 Å². The number of nitrogens with zero attached hydrogens (tertiary/aromatic N) is 11. The van der Waals surface area contributed by atoms with Crippen molar-refractivity contribution in [1.29, 1.82) is 0 Å². The molecule has 9 N–H and O–H groups in total. The standard InChI is InChI=1S/C26H19ClF2N6O.C24H19F2N7O.C23H19ClF2N6O2/c27-18-8-15(3-6-17(18)26(36)33-16-4-5-16)23-13-32-25-24(31-12-14-2-1-7-30-11-14)34-21-9-19(28)20(29)10-22(21)35(23)25;1-27-24(34)31-15-7-5-14(6-8-15)21-13-30-23-22(29-12-16-4-2-3-9-28-16)32-19-10-17(25)18(26)11-20(19)33(21)23;24-14-7-11(1-4-13(14)23(34)30-12-2-3-12)19-10-29-22-21(28-6-5-20(27)33)31-17-8-15(25)16(26)9-18(17)32(19)22/h1-3,6-11,13,16H,4-5,12H2,(H,31,34)(H,33,36);2-11,13H,12H2,1H3,(H,29,32)(H2,27,31,34);1,4,7-10,12H,2-3,5-6H2,(H2,27,33)(H,28,31)(H,30,34). The molecule has 0 atom stereocenters. The molecule has 31 heteroatoms. The number of fused-ring (bicyclic) bond motifs is 9. The highest BCUT2D eigenvalue weighted by atomic mass is 35.5. The molecule has 2 fully saturated rings. The SMILES string of the molecule is CNC(=O)Nc1ccc(-c2cnc3c(NCc4ccccn4)nc4cc(F)c(F)cc4n23)cc1.NC(=O)CCNc1nc2cc(F)c(F)cc2n2c(-c3ccc(C(=O)NC4CC4)c(Cl)c3)cnc12.O=C(NC1CC1)c1ccc(-c2cnc3c(NCc4cccnc4)nc4cc(F)c(F)cc4n23)cc1Cl. The number of carbonyl (C=O) groups excluding carboxylic acids is 4. The first-order valence-electron chi connectivity index (χ1n) is 32.4. The van der Waals surface area contributed by atoms with Gasteiger partial charge in [0, 0.05) is 116 Å². The normalized spacial score (nSPS) is 12.6. The van der Waals surface area contributed by atoms with Crippen LogP contribution in [0.5, 0.6) is 0 Å². The Morgan fingerprint density at radius 1 is 0.500 bits per heavy atom. The Balaban J connectivity index is 0.000000132. The highest BCUT2D eigenvalue weighted by Crippen LogP contribution is 2.36. The number of urea groups is 1. The third-order valence-corrected chi connectivity index (χ3v) is 17.5. The number of pyridine rings is 2. The number of benzene rings is 6. The van der Waals surface area contributed by atoms with Crippen LogP contribution < -0.4 is 43.0 Å². The molecule has 104 heavy (non-hydrogen) atoms. The van der Waals surface area contributed by atoms with Crippen LogP contribution in [0, 0.1) is 34.9 Å². The number of rotatable bonds is 18. The largest absolute Gasteiger partial charge is 0.370 e. The molecule has 2 aliphatic rings. The molecule has 524 valence electrons. The molecule has 0 spiro atoms. The fourth-order valence-corrected chi connectivity index (χ4v) is 12.0. The van der Waals surface area contributed by atoms with Gasteiger partial charge in [-0.3, -0.25) is 37.6 Å². The number of hydrogen-bond donors (Lipinski definition) is 8. The molecule has 0 saturated heterocycles.